The van der Waals surface area contributed by atoms with Crippen LogP contribution in [-0.2, 0) is 0 Å². The quantitative estimate of drug-likeness (QED) is 0.810. The van der Waals surface area contributed by atoms with E-state index in [4.69, 9.17) is 0 Å². The monoisotopic (exact) mass is 254 g/mol. The van der Waals surface area contributed by atoms with E-state index in [-0.39, 0.29) is 0 Å². The highest BCUT2D eigenvalue weighted by Gasteiger charge is 2.13. The number of hydrogen-bond acceptors (Lipinski definition) is 2. The molecule has 0 aliphatic carbocycles. The number of pyridine rings is 1. The molecule has 0 saturated carbocycles. The third-order valence-electron chi connectivity index (χ3n) is 3.46. The van der Waals surface area contributed by atoms with Gasteiger partial charge in [-0.3, -0.25) is 4.98 Å². The van der Waals surface area contributed by atoms with Gasteiger partial charge in [-0.25, -0.2) is 0 Å². The Morgan fingerprint density at radius 3 is 2.79 bits per heavy atom. The van der Waals surface area contributed by atoms with Crippen molar-refractivity contribution in [2.45, 2.75) is 32.7 Å². The molecule has 1 atom stereocenters. The van der Waals surface area contributed by atoms with E-state index in [1.165, 1.54) is 16.5 Å². The minimum Gasteiger partial charge on any atom is -0.313 e. The molecule has 19 heavy (non-hydrogen) atoms. The van der Waals surface area contributed by atoms with Crippen LogP contribution in [0.15, 0.2) is 42.5 Å². The first-order chi connectivity index (χ1) is 9.11. The molecule has 1 aromatic heterocycles. The second kappa shape index (κ2) is 5.98. The molecular formula is C17H22N2. The van der Waals surface area contributed by atoms with Crippen LogP contribution in [0.5, 0.6) is 0 Å². The summed E-state index contributed by atoms with van der Waals surface area (Å²) in [5.41, 5.74) is 4.72. The van der Waals surface area contributed by atoms with Crippen LogP contribution in [0.1, 0.15) is 37.1 Å². The van der Waals surface area contributed by atoms with E-state index in [2.05, 4.69) is 55.0 Å². The number of para-hydroxylation sites is 1. The lowest BCUT2D eigenvalue weighted by molar-refractivity contribution is 0.551. The average Bonchev–Trinajstić information content (AvgIpc) is 2.38. The molecule has 0 spiro atoms. The molecule has 0 radical (unpaired) electrons. The Hall–Kier alpha value is -1.67. The van der Waals surface area contributed by atoms with Crippen LogP contribution in [0.25, 0.3) is 10.9 Å². The van der Waals surface area contributed by atoms with Gasteiger partial charge in [0, 0.05) is 17.1 Å². The first-order valence-corrected chi connectivity index (χ1v) is 6.79. The molecular weight excluding hydrogens is 232 g/mol. The number of fused-ring (bicyclic) bond motifs is 1. The van der Waals surface area contributed by atoms with Crippen LogP contribution in [0.3, 0.4) is 0 Å². The van der Waals surface area contributed by atoms with E-state index in [1.54, 1.807) is 0 Å². The van der Waals surface area contributed by atoms with E-state index < -0.39 is 0 Å². The van der Waals surface area contributed by atoms with Gasteiger partial charge in [0.15, 0.2) is 0 Å². The predicted molar refractivity (Wildman–Crippen MR) is 82.3 cm³/mol. The van der Waals surface area contributed by atoms with Crippen molar-refractivity contribution in [2.75, 3.05) is 7.05 Å². The van der Waals surface area contributed by atoms with E-state index in [9.17, 15) is 0 Å². The van der Waals surface area contributed by atoms with Gasteiger partial charge in [0.05, 0.1) is 5.52 Å². The lowest BCUT2D eigenvalue weighted by Gasteiger charge is -2.19. The van der Waals surface area contributed by atoms with Gasteiger partial charge in [-0.15, -0.1) is 6.58 Å². The molecule has 1 unspecified atom stereocenters. The highest BCUT2D eigenvalue weighted by atomic mass is 14.9. The molecule has 2 rings (SSSR count). The molecule has 2 heteroatoms. The standard InChI is InChI=1S/C17H22N2/c1-12(2)9-10-16(18-4)15-11-13(3)19-17-8-6-5-7-14(15)17/h5-8,11,16,18H,1,9-10H2,2-4H3. The van der Waals surface area contributed by atoms with Crippen LogP contribution >= 0.6 is 0 Å². The number of hydrogen-bond donors (Lipinski definition) is 1. The van der Waals surface area contributed by atoms with Gasteiger partial charge in [-0.2, -0.15) is 0 Å². The van der Waals surface area contributed by atoms with Crippen molar-refractivity contribution in [1.82, 2.24) is 10.3 Å². The fourth-order valence-corrected chi connectivity index (χ4v) is 2.47. The molecule has 2 nitrogen and oxygen atoms in total. The maximum atomic E-state index is 4.60. The fraction of sp³-hybridized carbons (Fsp3) is 0.353. The van der Waals surface area contributed by atoms with Gasteiger partial charge >= 0.3 is 0 Å². The molecule has 0 aliphatic heterocycles. The average molecular weight is 254 g/mol. The Kier molecular flexibility index (Phi) is 4.33. The van der Waals surface area contributed by atoms with Crippen LogP contribution in [0.4, 0.5) is 0 Å². The number of aromatic nitrogens is 1. The largest absolute Gasteiger partial charge is 0.313 e. The Balaban J connectivity index is 2.43. The van der Waals surface area contributed by atoms with Crippen LogP contribution in [0.2, 0.25) is 0 Å². The van der Waals surface area contributed by atoms with Crippen molar-refractivity contribution in [3.63, 3.8) is 0 Å². The summed E-state index contributed by atoms with van der Waals surface area (Å²) < 4.78 is 0. The smallest absolute Gasteiger partial charge is 0.0708 e. The van der Waals surface area contributed by atoms with Crippen molar-refractivity contribution in [3.8, 4) is 0 Å². The van der Waals surface area contributed by atoms with Crippen LogP contribution in [-0.4, -0.2) is 12.0 Å². The van der Waals surface area contributed by atoms with Crippen LogP contribution in [0, 0.1) is 6.92 Å². The topological polar surface area (TPSA) is 24.9 Å². The Bertz CT molecular complexity index is 587. The SMILES string of the molecule is C=C(C)CCC(NC)c1cc(C)nc2ccccc12. The van der Waals surface area contributed by atoms with Gasteiger partial charge in [0.1, 0.15) is 0 Å². The lowest BCUT2D eigenvalue weighted by Crippen LogP contribution is -2.17. The van der Waals surface area contributed by atoms with Crippen LogP contribution < -0.4 is 5.32 Å². The first kappa shape index (κ1) is 13.8. The molecule has 0 amide bonds. The van der Waals surface area contributed by atoms with Crippen molar-refractivity contribution in [1.29, 1.82) is 0 Å². The second-order valence-corrected chi connectivity index (χ2v) is 5.21. The zero-order valence-electron chi connectivity index (χ0n) is 12.0. The molecule has 1 heterocycles. The summed E-state index contributed by atoms with van der Waals surface area (Å²) >= 11 is 0. The van der Waals surface area contributed by atoms with Gasteiger partial charge in [0.2, 0.25) is 0 Å². The first-order valence-electron chi connectivity index (χ1n) is 6.79. The summed E-state index contributed by atoms with van der Waals surface area (Å²) in [6, 6.07) is 10.9. The maximum Gasteiger partial charge on any atom is 0.0708 e. The summed E-state index contributed by atoms with van der Waals surface area (Å²) in [6.07, 6.45) is 2.11. The molecule has 0 saturated heterocycles. The minimum absolute atomic E-state index is 0.350. The molecule has 0 bridgehead atoms. The zero-order valence-corrected chi connectivity index (χ0v) is 12.0. The molecule has 100 valence electrons. The summed E-state index contributed by atoms with van der Waals surface area (Å²) in [5, 5.41) is 4.67. The number of nitrogens with one attached hydrogen (secondary N) is 1. The highest BCUT2D eigenvalue weighted by molar-refractivity contribution is 5.82. The number of aryl methyl sites for hydroxylation is 1. The van der Waals surface area contributed by atoms with Crippen molar-refractivity contribution >= 4 is 10.9 Å². The molecule has 1 aromatic carbocycles. The Morgan fingerprint density at radius 2 is 2.11 bits per heavy atom. The molecule has 1 N–H and O–H groups in total. The number of rotatable bonds is 5. The van der Waals surface area contributed by atoms with Crippen molar-refractivity contribution < 1.29 is 0 Å². The highest BCUT2D eigenvalue weighted by Crippen LogP contribution is 2.27. The second-order valence-electron chi connectivity index (χ2n) is 5.21. The lowest BCUT2D eigenvalue weighted by atomic mass is 9.96. The Labute approximate surface area is 115 Å². The van der Waals surface area contributed by atoms with Gasteiger partial charge in [-0.1, -0.05) is 23.8 Å². The summed E-state index contributed by atoms with van der Waals surface area (Å²) in [5.74, 6) is 0. The zero-order chi connectivity index (χ0) is 13.8. The van der Waals surface area contributed by atoms with Gasteiger partial charge in [-0.05, 0) is 51.4 Å². The minimum atomic E-state index is 0.350. The normalized spacial score (nSPS) is 12.6. The van der Waals surface area contributed by atoms with Gasteiger partial charge in [0.25, 0.3) is 0 Å². The summed E-state index contributed by atoms with van der Waals surface area (Å²) in [7, 11) is 2.02. The predicted octanol–water partition coefficient (Wildman–Crippen LogP) is 4.16. The van der Waals surface area contributed by atoms with E-state index in [0.717, 1.165) is 24.1 Å². The fourth-order valence-electron chi connectivity index (χ4n) is 2.47. The molecule has 0 fully saturated rings. The number of nitrogens with zero attached hydrogens (tertiary/aromatic N) is 1. The van der Waals surface area contributed by atoms with Crippen molar-refractivity contribution in [2.24, 2.45) is 0 Å². The van der Waals surface area contributed by atoms with E-state index in [0.29, 0.717) is 6.04 Å². The van der Waals surface area contributed by atoms with E-state index in [1.807, 2.05) is 13.1 Å². The Morgan fingerprint density at radius 1 is 1.37 bits per heavy atom. The maximum absolute atomic E-state index is 4.60. The summed E-state index contributed by atoms with van der Waals surface area (Å²) in [6.45, 7) is 8.14. The molecule has 0 aliphatic rings. The van der Waals surface area contributed by atoms with E-state index >= 15 is 0 Å². The van der Waals surface area contributed by atoms with Gasteiger partial charge < -0.3 is 5.32 Å². The van der Waals surface area contributed by atoms with Crippen molar-refractivity contribution in [3.05, 3.63) is 53.7 Å². The molecule has 2 aromatic rings. The summed E-state index contributed by atoms with van der Waals surface area (Å²) in [4.78, 5) is 4.60. The number of benzene rings is 1. The number of allylic oxidation sites excluding steroid dienone is 1. The third-order valence-corrected chi connectivity index (χ3v) is 3.46. The third kappa shape index (κ3) is 3.21.